The highest BCUT2D eigenvalue weighted by Crippen LogP contribution is 2.30. The van der Waals surface area contributed by atoms with Crippen LogP contribution in [0.2, 0.25) is 0 Å². The molecule has 0 aliphatic rings. The maximum atomic E-state index is 11.3. The molecule has 0 bridgehead atoms. The standard InChI is InChI=1S/C12H10N4O5S/c13-8-1-3-9(4-2-8)14-15-11-6-5-10(16(17)18)7-12(11)22(19,20)21/h1-7H,13H2,(H,19,20,21). The Morgan fingerprint density at radius 2 is 1.73 bits per heavy atom. The summed E-state index contributed by atoms with van der Waals surface area (Å²) in [5, 5.41) is 18.2. The van der Waals surface area contributed by atoms with Gasteiger partial charge in [-0.15, -0.1) is 5.11 Å². The summed E-state index contributed by atoms with van der Waals surface area (Å²) in [7, 11) is -4.68. The number of nitrogens with two attached hydrogens (primary N) is 1. The van der Waals surface area contributed by atoms with Crippen molar-refractivity contribution in [3.63, 3.8) is 0 Å². The maximum Gasteiger partial charge on any atom is 0.297 e. The highest BCUT2D eigenvalue weighted by Gasteiger charge is 2.20. The molecule has 0 aromatic heterocycles. The van der Waals surface area contributed by atoms with E-state index in [-0.39, 0.29) is 5.69 Å². The Morgan fingerprint density at radius 3 is 2.27 bits per heavy atom. The number of hydrogen-bond acceptors (Lipinski definition) is 7. The normalized spacial score (nSPS) is 11.7. The van der Waals surface area contributed by atoms with Crippen molar-refractivity contribution in [2.24, 2.45) is 10.2 Å². The average molecular weight is 322 g/mol. The van der Waals surface area contributed by atoms with Crippen LogP contribution in [0.25, 0.3) is 0 Å². The molecular formula is C12H10N4O5S. The molecule has 0 saturated heterocycles. The van der Waals surface area contributed by atoms with Crippen LogP contribution in [0, 0.1) is 10.1 Å². The van der Waals surface area contributed by atoms with Crippen LogP contribution in [0.5, 0.6) is 0 Å². The van der Waals surface area contributed by atoms with Crippen LogP contribution in [0.1, 0.15) is 0 Å². The fourth-order valence-electron chi connectivity index (χ4n) is 1.56. The van der Waals surface area contributed by atoms with E-state index in [1.54, 1.807) is 24.3 Å². The minimum absolute atomic E-state index is 0.218. The smallest absolute Gasteiger partial charge is 0.297 e. The molecule has 0 unspecified atom stereocenters. The van der Waals surface area contributed by atoms with Gasteiger partial charge in [0.1, 0.15) is 10.6 Å². The minimum atomic E-state index is -4.68. The third-order valence-electron chi connectivity index (χ3n) is 2.60. The Kier molecular flexibility index (Phi) is 4.15. The predicted molar refractivity (Wildman–Crippen MR) is 77.9 cm³/mol. The van der Waals surface area contributed by atoms with Crippen LogP contribution in [0.3, 0.4) is 0 Å². The van der Waals surface area contributed by atoms with E-state index in [4.69, 9.17) is 10.3 Å². The second kappa shape index (κ2) is 5.87. The summed E-state index contributed by atoms with van der Waals surface area (Å²) in [6, 6.07) is 9.12. The number of non-ortho nitro benzene ring substituents is 1. The quantitative estimate of drug-likeness (QED) is 0.290. The number of anilines is 1. The van der Waals surface area contributed by atoms with Gasteiger partial charge in [-0.05, 0) is 30.3 Å². The lowest BCUT2D eigenvalue weighted by atomic mass is 10.3. The van der Waals surface area contributed by atoms with Gasteiger partial charge in [-0.1, -0.05) is 0 Å². The van der Waals surface area contributed by atoms with Crippen LogP contribution in [0.15, 0.2) is 57.6 Å². The zero-order valence-electron chi connectivity index (χ0n) is 10.9. The highest BCUT2D eigenvalue weighted by molar-refractivity contribution is 7.86. The van der Waals surface area contributed by atoms with Gasteiger partial charge in [0, 0.05) is 17.8 Å². The molecule has 3 N–H and O–H groups in total. The number of azo groups is 1. The molecule has 0 amide bonds. The maximum absolute atomic E-state index is 11.3. The zero-order valence-corrected chi connectivity index (χ0v) is 11.8. The molecule has 22 heavy (non-hydrogen) atoms. The summed E-state index contributed by atoms with van der Waals surface area (Å²) in [6.07, 6.45) is 0. The van der Waals surface area contributed by atoms with E-state index < -0.39 is 25.6 Å². The van der Waals surface area contributed by atoms with Crippen molar-refractivity contribution < 1.29 is 17.9 Å². The van der Waals surface area contributed by atoms with Crippen molar-refractivity contribution in [1.82, 2.24) is 0 Å². The van der Waals surface area contributed by atoms with Crippen LogP contribution < -0.4 is 5.73 Å². The first kappa shape index (κ1) is 15.5. The first-order valence-corrected chi connectivity index (χ1v) is 7.24. The fourth-order valence-corrected chi connectivity index (χ4v) is 2.20. The lowest BCUT2D eigenvalue weighted by molar-refractivity contribution is -0.385. The molecule has 0 saturated carbocycles. The van der Waals surface area contributed by atoms with E-state index in [1.807, 2.05) is 0 Å². The molecule has 2 aromatic carbocycles. The van der Waals surface area contributed by atoms with Gasteiger partial charge >= 0.3 is 0 Å². The van der Waals surface area contributed by atoms with E-state index >= 15 is 0 Å². The summed E-state index contributed by atoms with van der Waals surface area (Å²) in [6.45, 7) is 0. The molecule has 0 fully saturated rings. The lowest BCUT2D eigenvalue weighted by Crippen LogP contribution is -2.00. The number of nitrogens with zero attached hydrogens (tertiary/aromatic N) is 3. The summed E-state index contributed by atoms with van der Waals surface area (Å²) in [5.41, 5.74) is 5.73. The van der Waals surface area contributed by atoms with Crippen LogP contribution in [0.4, 0.5) is 22.7 Å². The van der Waals surface area contributed by atoms with E-state index in [2.05, 4.69) is 10.2 Å². The summed E-state index contributed by atoms with van der Waals surface area (Å²) in [4.78, 5) is 9.19. The van der Waals surface area contributed by atoms with E-state index in [9.17, 15) is 18.5 Å². The molecule has 0 aliphatic carbocycles. The molecule has 9 nitrogen and oxygen atoms in total. The Morgan fingerprint density at radius 1 is 1.09 bits per heavy atom. The largest absolute Gasteiger partial charge is 0.399 e. The van der Waals surface area contributed by atoms with Gasteiger partial charge < -0.3 is 5.73 Å². The summed E-state index contributed by atoms with van der Waals surface area (Å²) >= 11 is 0. The molecule has 0 heterocycles. The van der Waals surface area contributed by atoms with E-state index in [1.165, 1.54) is 0 Å². The number of nitro benzene ring substituents is 1. The molecule has 2 aromatic rings. The van der Waals surface area contributed by atoms with E-state index in [0.29, 0.717) is 17.4 Å². The van der Waals surface area contributed by atoms with Gasteiger partial charge in [-0.2, -0.15) is 13.5 Å². The topological polar surface area (TPSA) is 148 Å². The predicted octanol–water partition coefficient (Wildman–Crippen LogP) is 2.84. The van der Waals surface area contributed by atoms with E-state index in [0.717, 1.165) is 12.1 Å². The Balaban J connectivity index is 2.46. The van der Waals surface area contributed by atoms with Gasteiger partial charge in [0.15, 0.2) is 0 Å². The second-order valence-corrected chi connectivity index (χ2v) is 5.57. The number of benzene rings is 2. The molecule has 10 heteroatoms. The third kappa shape index (κ3) is 3.62. The molecule has 0 aliphatic heterocycles. The van der Waals surface area contributed by atoms with Crippen LogP contribution in [-0.4, -0.2) is 17.9 Å². The zero-order chi connectivity index (χ0) is 16.3. The van der Waals surface area contributed by atoms with Crippen LogP contribution >= 0.6 is 0 Å². The van der Waals surface area contributed by atoms with Crippen molar-refractivity contribution in [2.75, 3.05) is 5.73 Å². The fraction of sp³-hybridized carbons (Fsp3) is 0. The number of nitro groups is 1. The average Bonchev–Trinajstić information content (AvgIpc) is 2.45. The number of rotatable bonds is 4. The second-order valence-electron chi connectivity index (χ2n) is 4.18. The van der Waals surface area contributed by atoms with Crippen molar-refractivity contribution in [1.29, 1.82) is 0 Å². The van der Waals surface area contributed by atoms with Crippen molar-refractivity contribution >= 4 is 32.9 Å². The highest BCUT2D eigenvalue weighted by atomic mass is 32.2. The molecular weight excluding hydrogens is 312 g/mol. The van der Waals surface area contributed by atoms with Crippen LogP contribution in [-0.2, 0) is 10.1 Å². The van der Waals surface area contributed by atoms with Gasteiger partial charge in [0.25, 0.3) is 15.8 Å². The van der Waals surface area contributed by atoms with Gasteiger partial charge in [-0.3, -0.25) is 14.7 Å². The number of hydrogen-bond donors (Lipinski definition) is 2. The minimum Gasteiger partial charge on any atom is -0.399 e. The molecule has 0 radical (unpaired) electrons. The first-order chi connectivity index (χ1) is 10.3. The Labute approximate surface area is 125 Å². The lowest BCUT2D eigenvalue weighted by Gasteiger charge is -2.01. The van der Waals surface area contributed by atoms with Gasteiger partial charge in [0.05, 0.1) is 10.6 Å². The Hall–Kier alpha value is -2.85. The number of nitrogen functional groups attached to an aromatic ring is 1. The molecule has 2 rings (SSSR count). The van der Waals surface area contributed by atoms with Crippen molar-refractivity contribution in [3.05, 3.63) is 52.6 Å². The monoisotopic (exact) mass is 322 g/mol. The van der Waals surface area contributed by atoms with Crippen molar-refractivity contribution in [3.8, 4) is 0 Å². The van der Waals surface area contributed by atoms with Gasteiger partial charge in [-0.25, -0.2) is 0 Å². The molecule has 0 atom stereocenters. The molecule has 114 valence electrons. The first-order valence-electron chi connectivity index (χ1n) is 5.80. The third-order valence-corrected chi connectivity index (χ3v) is 3.48. The van der Waals surface area contributed by atoms with Crippen molar-refractivity contribution in [2.45, 2.75) is 4.90 Å². The summed E-state index contributed by atoms with van der Waals surface area (Å²) < 4.78 is 31.7. The SMILES string of the molecule is Nc1ccc(N=Nc2ccc([N+](=O)[O-])cc2S(=O)(=O)O)cc1. The Bertz CT molecular complexity index is 846. The molecule has 0 spiro atoms. The van der Waals surface area contributed by atoms with Gasteiger partial charge in [0.2, 0.25) is 0 Å². The summed E-state index contributed by atoms with van der Waals surface area (Å²) in [5.74, 6) is 0.